The zero-order valence-corrected chi connectivity index (χ0v) is 7.71. The number of halogens is 1. The van der Waals surface area contributed by atoms with Gasteiger partial charge < -0.3 is 14.2 Å². The van der Waals surface area contributed by atoms with Crippen LogP contribution >= 0.6 is 0 Å². The van der Waals surface area contributed by atoms with Gasteiger partial charge in [-0.2, -0.15) is 0 Å². The summed E-state index contributed by atoms with van der Waals surface area (Å²) < 4.78 is 27.4. The minimum absolute atomic E-state index is 0.0478. The lowest BCUT2D eigenvalue weighted by Gasteiger charge is -2.14. The van der Waals surface area contributed by atoms with Crippen LogP contribution in [0.15, 0.2) is 0 Å². The van der Waals surface area contributed by atoms with Gasteiger partial charge >= 0.3 is 5.97 Å². The van der Waals surface area contributed by atoms with Gasteiger partial charge in [0.2, 0.25) is 5.67 Å². The number of carbonyl (C=O) groups is 1. The second-order valence-electron chi connectivity index (χ2n) is 3.35. The van der Waals surface area contributed by atoms with Crippen molar-refractivity contribution in [1.29, 1.82) is 0 Å². The highest BCUT2D eigenvalue weighted by Crippen LogP contribution is 2.11. The molecule has 1 fully saturated rings. The second kappa shape index (κ2) is 4.02. The van der Waals surface area contributed by atoms with E-state index in [-0.39, 0.29) is 19.5 Å². The van der Waals surface area contributed by atoms with E-state index in [1.54, 1.807) is 0 Å². The Balaban J connectivity index is 2.22. The maximum atomic E-state index is 12.9. The molecule has 0 saturated carbocycles. The molecule has 1 heterocycles. The molecule has 5 heteroatoms. The topological polar surface area (TPSA) is 44.8 Å². The first-order valence-electron chi connectivity index (χ1n) is 4.05. The first-order valence-corrected chi connectivity index (χ1v) is 4.05. The fourth-order valence-corrected chi connectivity index (χ4v) is 0.808. The smallest absolute Gasteiger partial charge is 0.343 e. The van der Waals surface area contributed by atoms with Crippen molar-refractivity contribution in [3.05, 3.63) is 0 Å². The number of hydrogen-bond donors (Lipinski definition) is 0. The number of esters is 1. The third-order valence-electron chi connectivity index (χ3n) is 1.58. The largest absolute Gasteiger partial charge is 0.460 e. The van der Waals surface area contributed by atoms with Gasteiger partial charge in [-0.25, -0.2) is 9.18 Å². The van der Waals surface area contributed by atoms with E-state index in [9.17, 15) is 9.18 Å². The molecule has 0 amide bonds. The van der Waals surface area contributed by atoms with Gasteiger partial charge in [-0.1, -0.05) is 0 Å². The van der Waals surface area contributed by atoms with Crippen molar-refractivity contribution in [3.8, 4) is 0 Å². The van der Waals surface area contributed by atoms with Crippen LogP contribution in [0.25, 0.3) is 0 Å². The molecule has 1 atom stereocenters. The summed E-state index contributed by atoms with van der Waals surface area (Å²) in [6.45, 7) is 2.95. The first kappa shape index (κ1) is 10.4. The average Bonchev–Trinajstić information content (AvgIpc) is 2.50. The van der Waals surface area contributed by atoms with E-state index >= 15 is 0 Å². The summed E-state index contributed by atoms with van der Waals surface area (Å²) in [6, 6.07) is 0. The molecule has 1 aliphatic rings. The van der Waals surface area contributed by atoms with Gasteiger partial charge in [0.1, 0.15) is 19.5 Å². The van der Waals surface area contributed by atoms with E-state index in [0.29, 0.717) is 6.61 Å². The molecule has 13 heavy (non-hydrogen) atoms. The van der Waals surface area contributed by atoms with Gasteiger partial charge in [0.15, 0.2) is 0 Å². The van der Waals surface area contributed by atoms with Crippen LogP contribution < -0.4 is 0 Å². The van der Waals surface area contributed by atoms with Gasteiger partial charge in [0, 0.05) is 0 Å². The Morgan fingerprint density at radius 3 is 2.85 bits per heavy atom. The van der Waals surface area contributed by atoms with E-state index < -0.39 is 11.6 Å². The van der Waals surface area contributed by atoms with E-state index in [0.717, 1.165) is 13.8 Å². The zero-order valence-electron chi connectivity index (χ0n) is 7.71. The molecule has 1 rings (SSSR count). The van der Waals surface area contributed by atoms with Gasteiger partial charge in [0.05, 0.1) is 6.61 Å². The monoisotopic (exact) mass is 192 g/mol. The number of alkyl halides is 1. The van der Waals surface area contributed by atoms with Gasteiger partial charge in [-0.05, 0) is 13.8 Å². The van der Waals surface area contributed by atoms with Crippen LogP contribution in [0, 0.1) is 0 Å². The molecule has 1 aliphatic heterocycles. The Bertz CT molecular complexity index is 181. The molecule has 0 aromatic rings. The molecule has 0 aromatic carbocycles. The van der Waals surface area contributed by atoms with Crippen molar-refractivity contribution in [2.45, 2.75) is 25.6 Å². The normalized spacial score (nSPS) is 23.2. The number of rotatable bonds is 3. The minimum Gasteiger partial charge on any atom is -0.460 e. The fourth-order valence-electron chi connectivity index (χ4n) is 0.808. The van der Waals surface area contributed by atoms with Crippen LogP contribution in [0.5, 0.6) is 0 Å². The molecule has 0 N–H and O–H groups in total. The molecule has 1 unspecified atom stereocenters. The minimum atomic E-state index is -1.94. The average molecular weight is 192 g/mol. The Morgan fingerprint density at radius 1 is 1.69 bits per heavy atom. The van der Waals surface area contributed by atoms with Crippen molar-refractivity contribution in [3.63, 3.8) is 0 Å². The fraction of sp³-hybridized carbons (Fsp3) is 0.875. The summed E-state index contributed by atoms with van der Waals surface area (Å²) in [5, 5.41) is 0. The third-order valence-corrected chi connectivity index (χ3v) is 1.58. The third kappa shape index (κ3) is 3.28. The van der Waals surface area contributed by atoms with Crippen LogP contribution in [0.3, 0.4) is 0 Å². The molecule has 0 aliphatic carbocycles. The van der Waals surface area contributed by atoms with Crippen molar-refractivity contribution >= 4 is 5.97 Å². The van der Waals surface area contributed by atoms with Crippen LogP contribution in [0.2, 0.25) is 0 Å². The summed E-state index contributed by atoms with van der Waals surface area (Å²) in [7, 11) is 0. The lowest BCUT2D eigenvalue weighted by Crippen LogP contribution is -2.31. The van der Waals surface area contributed by atoms with E-state index in [4.69, 9.17) is 9.47 Å². The highest BCUT2D eigenvalue weighted by atomic mass is 19.1. The first-order chi connectivity index (χ1) is 6.00. The summed E-state index contributed by atoms with van der Waals surface area (Å²) in [5.41, 5.74) is -1.94. The summed E-state index contributed by atoms with van der Waals surface area (Å²) in [5.74, 6) is -0.872. The molecular weight excluding hydrogens is 179 g/mol. The van der Waals surface area contributed by atoms with Gasteiger partial charge in [0.25, 0.3) is 0 Å². The van der Waals surface area contributed by atoms with E-state index in [1.165, 1.54) is 0 Å². The maximum absolute atomic E-state index is 12.9. The second-order valence-corrected chi connectivity index (χ2v) is 3.35. The van der Waals surface area contributed by atoms with Crippen molar-refractivity contribution in [2.24, 2.45) is 0 Å². The van der Waals surface area contributed by atoms with Crippen molar-refractivity contribution < 1.29 is 23.4 Å². The van der Waals surface area contributed by atoms with Crippen molar-refractivity contribution in [2.75, 3.05) is 20.0 Å². The summed E-state index contributed by atoms with van der Waals surface area (Å²) in [6.07, 6.45) is -0.258. The predicted molar refractivity (Wildman–Crippen MR) is 41.8 cm³/mol. The van der Waals surface area contributed by atoms with Crippen LogP contribution in [-0.2, 0) is 19.0 Å². The Morgan fingerprint density at radius 2 is 2.38 bits per heavy atom. The highest BCUT2D eigenvalue weighted by molar-refractivity contribution is 5.78. The van der Waals surface area contributed by atoms with Gasteiger partial charge in [-0.3, -0.25) is 0 Å². The lowest BCUT2D eigenvalue weighted by atomic mass is 10.2. The number of carbonyl (C=O) groups excluding carboxylic acids is 1. The summed E-state index contributed by atoms with van der Waals surface area (Å²) >= 11 is 0. The van der Waals surface area contributed by atoms with Crippen LogP contribution in [0.4, 0.5) is 4.39 Å². The molecule has 1 saturated heterocycles. The molecule has 0 aromatic heterocycles. The highest BCUT2D eigenvalue weighted by Gasteiger charge is 2.29. The van der Waals surface area contributed by atoms with Crippen molar-refractivity contribution in [1.82, 2.24) is 0 Å². The quantitative estimate of drug-likeness (QED) is 0.616. The molecule has 76 valence electrons. The number of hydrogen-bond acceptors (Lipinski definition) is 4. The number of ether oxygens (including phenoxy) is 3. The molecule has 4 nitrogen and oxygen atoms in total. The van der Waals surface area contributed by atoms with Crippen LogP contribution in [0.1, 0.15) is 13.8 Å². The van der Waals surface area contributed by atoms with E-state index in [1.807, 2.05) is 0 Å². The maximum Gasteiger partial charge on any atom is 0.343 e. The zero-order chi connectivity index (χ0) is 9.90. The SMILES string of the molecule is CC(C)(F)C(=O)OCC1COCO1. The molecule has 0 bridgehead atoms. The molecule has 0 radical (unpaired) electrons. The van der Waals surface area contributed by atoms with Crippen LogP contribution in [-0.4, -0.2) is 37.7 Å². The van der Waals surface area contributed by atoms with E-state index in [2.05, 4.69) is 4.74 Å². The Kier molecular flexibility index (Phi) is 3.22. The Labute approximate surface area is 76.0 Å². The standard InChI is InChI=1S/C8H13FO4/c1-8(2,9)7(10)12-4-6-3-11-5-13-6/h6H,3-5H2,1-2H3. The summed E-state index contributed by atoms with van der Waals surface area (Å²) in [4.78, 5) is 10.9. The van der Waals surface area contributed by atoms with Gasteiger partial charge in [-0.15, -0.1) is 0 Å². The molecule has 0 spiro atoms. The predicted octanol–water partition coefficient (Wildman–Crippen LogP) is 0.651. The molecular formula is C8H13FO4. The Hall–Kier alpha value is -0.680. The lowest BCUT2D eigenvalue weighted by molar-refractivity contribution is -0.158.